The van der Waals surface area contributed by atoms with Crippen molar-refractivity contribution < 1.29 is 9.90 Å². The Kier molecular flexibility index (Phi) is 5.69. The van der Waals surface area contributed by atoms with Crippen LogP contribution in [-0.4, -0.2) is 11.1 Å². The van der Waals surface area contributed by atoms with Gasteiger partial charge in [-0.2, -0.15) is 0 Å². The van der Waals surface area contributed by atoms with Crippen molar-refractivity contribution in [3.63, 3.8) is 0 Å². The van der Waals surface area contributed by atoms with Gasteiger partial charge in [-0.3, -0.25) is 4.79 Å². The number of carboxylic acids is 1. The van der Waals surface area contributed by atoms with Crippen LogP contribution < -0.4 is 5.73 Å². The first-order valence-electron chi connectivity index (χ1n) is 6.61. The van der Waals surface area contributed by atoms with Gasteiger partial charge in [0.05, 0.1) is 5.92 Å². The van der Waals surface area contributed by atoms with Crippen LogP contribution in [0.3, 0.4) is 0 Å². The molecule has 0 aliphatic rings. The summed E-state index contributed by atoms with van der Waals surface area (Å²) in [5, 5.41) is 9.15. The van der Waals surface area contributed by atoms with E-state index in [2.05, 4.69) is 6.92 Å². The summed E-state index contributed by atoms with van der Waals surface area (Å²) in [7, 11) is 0. The van der Waals surface area contributed by atoms with Crippen molar-refractivity contribution in [3.8, 4) is 0 Å². The Morgan fingerprint density at radius 3 is 2.44 bits per heavy atom. The van der Waals surface area contributed by atoms with Crippen LogP contribution in [-0.2, 0) is 11.2 Å². The standard InChI is InChI=1S/C15H23NO2/c1-3-4-5-13(11(2)15(17)18)10-12-6-8-14(16)9-7-12/h6-9,11,13H,3-5,10,16H2,1-2H3,(H,17,18). The highest BCUT2D eigenvalue weighted by Crippen LogP contribution is 2.24. The first-order chi connectivity index (χ1) is 8.54. The fourth-order valence-electron chi connectivity index (χ4n) is 2.15. The van der Waals surface area contributed by atoms with Gasteiger partial charge in [0, 0.05) is 5.69 Å². The Hall–Kier alpha value is -1.51. The van der Waals surface area contributed by atoms with Crippen LogP contribution in [0.1, 0.15) is 38.7 Å². The molecule has 3 heteroatoms. The number of benzene rings is 1. The number of hydrogen-bond acceptors (Lipinski definition) is 2. The van der Waals surface area contributed by atoms with E-state index in [0.29, 0.717) is 0 Å². The molecule has 0 aliphatic carbocycles. The number of nitrogens with two attached hydrogens (primary N) is 1. The summed E-state index contributed by atoms with van der Waals surface area (Å²) in [4.78, 5) is 11.1. The molecule has 100 valence electrons. The van der Waals surface area contributed by atoms with Crippen molar-refractivity contribution in [2.75, 3.05) is 5.73 Å². The summed E-state index contributed by atoms with van der Waals surface area (Å²) in [6, 6.07) is 7.72. The predicted molar refractivity (Wildman–Crippen MR) is 74.4 cm³/mol. The summed E-state index contributed by atoms with van der Waals surface area (Å²) in [5.74, 6) is -0.799. The minimum atomic E-state index is -0.702. The van der Waals surface area contributed by atoms with Crippen molar-refractivity contribution in [2.24, 2.45) is 11.8 Å². The van der Waals surface area contributed by atoms with Crippen molar-refractivity contribution in [1.82, 2.24) is 0 Å². The zero-order valence-corrected chi connectivity index (χ0v) is 11.2. The first kappa shape index (κ1) is 14.6. The topological polar surface area (TPSA) is 63.3 Å². The predicted octanol–water partition coefficient (Wildman–Crippen LogP) is 3.34. The first-order valence-corrected chi connectivity index (χ1v) is 6.61. The number of hydrogen-bond donors (Lipinski definition) is 2. The van der Waals surface area contributed by atoms with Crippen LogP contribution >= 0.6 is 0 Å². The highest BCUT2D eigenvalue weighted by Gasteiger charge is 2.23. The lowest BCUT2D eigenvalue weighted by Crippen LogP contribution is -2.22. The van der Waals surface area contributed by atoms with Crippen molar-refractivity contribution >= 4 is 11.7 Å². The fourth-order valence-corrected chi connectivity index (χ4v) is 2.15. The average molecular weight is 249 g/mol. The second kappa shape index (κ2) is 7.04. The third kappa shape index (κ3) is 4.40. The van der Waals surface area contributed by atoms with E-state index in [1.54, 1.807) is 6.92 Å². The smallest absolute Gasteiger partial charge is 0.306 e. The Bertz CT molecular complexity index is 373. The molecule has 0 radical (unpaired) electrons. The molecule has 0 fully saturated rings. The van der Waals surface area contributed by atoms with Gasteiger partial charge in [0.25, 0.3) is 0 Å². The molecule has 2 unspecified atom stereocenters. The van der Waals surface area contributed by atoms with E-state index in [0.717, 1.165) is 31.4 Å². The molecular formula is C15H23NO2. The largest absolute Gasteiger partial charge is 0.481 e. The molecule has 3 N–H and O–H groups in total. The number of unbranched alkanes of at least 4 members (excludes halogenated alkanes) is 1. The van der Waals surface area contributed by atoms with E-state index in [9.17, 15) is 4.79 Å². The number of aliphatic carboxylic acids is 1. The molecule has 18 heavy (non-hydrogen) atoms. The molecule has 0 aliphatic heterocycles. The highest BCUT2D eigenvalue weighted by molar-refractivity contribution is 5.69. The molecule has 2 atom stereocenters. The fraction of sp³-hybridized carbons (Fsp3) is 0.533. The Labute approximate surface area is 109 Å². The van der Waals surface area contributed by atoms with E-state index < -0.39 is 5.97 Å². The molecule has 0 saturated heterocycles. The van der Waals surface area contributed by atoms with Crippen molar-refractivity contribution in [3.05, 3.63) is 29.8 Å². The summed E-state index contributed by atoms with van der Waals surface area (Å²) >= 11 is 0. The number of nitrogen functional groups attached to an aromatic ring is 1. The normalized spacial score (nSPS) is 14.1. The van der Waals surface area contributed by atoms with Gasteiger partial charge in [-0.15, -0.1) is 0 Å². The van der Waals surface area contributed by atoms with E-state index >= 15 is 0 Å². The molecule has 0 amide bonds. The SMILES string of the molecule is CCCCC(Cc1ccc(N)cc1)C(C)C(=O)O. The van der Waals surface area contributed by atoms with E-state index in [1.165, 1.54) is 5.56 Å². The Morgan fingerprint density at radius 1 is 1.33 bits per heavy atom. The van der Waals surface area contributed by atoms with Gasteiger partial charge in [-0.25, -0.2) is 0 Å². The van der Waals surface area contributed by atoms with Crippen LogP contribution in [0.25, 0.3) is 0 Å². The van der Waals surface area contributed by atoms with Crippen LogP contribution in [0.2, 0.25) is 0 Å². The lowest BCUT2D eigenvalue weighted by Gasteiger charge is -2.21. The number of carboxylic acid groups (broad SMARTS) is 1. The zero-order chi connectivity index (χ0) is 13.5. The summed E-state index contributed by atoms with van der Waals surface area (Å²) in [6.45, 7) is 3.94. The molecule has 0 saturated carbocycles. The van der Waals surface area contributed by atoms with Gasteiger partial charge in [0.15, 0.2) is 0 Å². The second-order valence-electron chi connectivity index (χ2n) is 4.97. The van der Waals surface area contributed by atoms with E-state index in [4.69, 9.17) is 10.8 Å². The van der Waals surface area contributed by atoms with Gasteiger partial charge in [0.1, 0.15) is 0 Å². The van der Waals surface area contributed by atoms with E-state index in [1.807, 2.05) is 24.3 Å². The maximum Gasteiger partial charge on any atom is 0.306 e. The van der Waals surface area contributed by atoms with Gasteiger partial charge in [-0.1, -0.05) is 38.8 Å². The van der Waals surface area contributed by atoms with Crippen LogP contribution in [0.5, 0.6) is 0 Å². The number of anilines is 1. The summed E-state index contributed by atoms with van der Waals surface area (Å²) in [6.07, 6.45) is 3.96. The summed E-state index contributed by atoms with van der Waals surface area (Å²) < 4.78 is 0. The zero-order valence-electron chi connectivity index (χ0n) is 11.2. The molecule has 0 aromatic heterocycles. The molecule has 0 spiro atoms. The number of carbonyl (C=O) groups is 1. The average Bonchev–Trinajstić information content (AvgIpc) is 2.35. The van der Waals surface area contributed by atoms with Crippen molar-refractivity contribution in [1.29, 1.82) is 0 Å². The quantitative estimate of drug-likeness (QED) is 0.728. The molecule has 1 aromatic carbocycles. The second-order valence-corrected chi connectivity index (χ2v) is 4.97. The van der Waals surface area contributed by atoms with Gasteiger partial charge < -0.3 is 10.8 Å². The minimum Gasteiger partial charge on any atom is -0.481 e. The molecular weight excluding hydrogens is 226 g/mol. The maximum absolute atomic E-state index is 11.1. The Morgan fingerprint density at radius 2 is 1.94 bits per heavy atom. The third-order valence-electron chi connectivity index (χ3n) is 3.50. The van der Waals surface area contributed by atoms with E-state index in [-0.39, 0.29) is 11.8 Å². The highest BCUT2D eigenvalue weighted by atomic mass is 16.4. The lowest BCUT2D eigenvalue weighted by molar-refractivity contribution is -0.143. The van der Waals surface area contributed by atoms with Crippen LogP contribution in [0, 0.1) is 11.8 Å². The Balaban J connectivity index is 2.70. The molecule has 0 heterocycles. The van der Waals surface area contributed by atoms with Crippen LogP contribution in [0.15, 0.2) is 24.3 Å². The molecule has 1 aromatic rings. The van der Waals surface area contributed by atoms with Gasteiger partial charge in [0.2, 0.25) is 0 Å². The van der Waals surface area contributed by atoms with Crippen LogP contribution in [0.4, 0.5) is 5.69 Å². The lowest BCUT2D eigenvalue weighted by atomic mass is 9.84. The minimum absolute atomic E-state index is 0.200. The monoisotopic (exact) mass is 249 g/mol. The molecule has 0 bridgehead atoms. The number of rotatable bonds is 7. The molecule has 1 rings (SSSR count). The van der Waals surface area contributed by atoms with Gasteiger partial charge in [-0.05, 0) is 36.5 Å². The third-order valence-corrected chi connectivity index (χ3v) is 3.50. The maximum atomic E-state index is 11.1. The summed E-state index contributed by atoms with van der Waals surface area (Å²) in [5.41, 5.74) is 7.56. The van der Waals surface area contributed by atoms with Crippen molar-refractivity contribution in [2.45, 2.75) is 39.5 Å². The molecule has 3 nitrogen and oxygen atoms in total. The van der Waals surface area contributed by atoms with Gasteiger partial charge >= 0.3 is 5.97 Å².